The molecule has 1 unspecified atom stereocenters. The van der Waals surface area contributed by atoms with Gasteiger partial charge >= 0.3 is 0 Å². The molecule has 1 N–H and O–H groups in total. The molecule has 1 atom stereocenters. The third-order valence-corrected chi connectivity index (χ3v) is 3.55. The molecule has 1 saturated carbocycles. The van der Waals surface area contributed by atoms with Gasteiger partial charge in [-0.25, -0.2) is 0 Å². The molecule has 3 heteroatoms. The van der Waals surface area contributed by atoms with Gasteiger partial charge in [0.05, 0.1) is 6.07 Å². The zero-order valence-electron chi connectivity index (χ0n) is 11.8. The number of para-hydroxylation sites is 1. The number of nitrogens with zero attached hydrogens (tertiary/aromatic N) is 1. The van der Waals surface area contributed by atoms with Gasteiger partial charge < -0.3 is 4.74 Å². The van der Waals surface area contributed by atoms with E-state index in [4.69, 9.17) is 4.74 Å². The number of hydrogen-bond acceptors (Lipinski definition) is 3. The van der Waals surface area contributed by atoms with Crippen molar-refractivity contribution in [2.24, 2.45) is 0 Å². The summed E-state index contributed by atoms with van der Waals surface area (Å²) >= 11 is 0. The van der Waals surface area contributed by atoms with Gasteiger partial charge in [0.1, 0.15) is 18.4 Å². The lowest BCUT2D eigenvalue weighted by Crippen LogP contribution is -2.34. The van der Waals surface area contributed by atoms with E-state index in [0.717, 1.165) is 16.9 Å². The van der Waals surface area contributed by atoms with Crippen molar-refractivity contribution in [1.29, 1.82) is 5.26 Å². The van der Waals surface area contributed by atoms with E-state index in [-0.39, 0.29) is 6.04 Å². The van der Waals surface area contributed by atoms with Crippen LogP contribution in [0.3, 0.4) is 0 Å². The largest absolute Gasteiger partial charge is 0.490 e. The Morgan fingerprint density at radius 3 is 2.52 bits per heavy atom. The molecule has 0 aliphatic heterocycles. The average molecular weight is 278 g/mol. The molecular weight excluding hydrogens is 260 g/mol. The fraction of sp³-hybridized carbons (Fsp3) is 0.278. The number of ether oxygens (including phenoxy) is 1. The third-order valence-electron chi connectivity index (χ3n) is 3.55. The Bertz CT molecular complexity index is 629. The summed E-state index contributed by atoms with van der Waals surface area (Å²) in [5.74, 6) is 0.821. The first kappa shape index (κ1) is 13.7. The van der Waals surface area contributed by atoms with E-state index < -0.39 is 0 Å². The summed E-state index contributed by atoms with van der Waals surface area (Å²) in [4.78, 5) is 0. The minimum Gasteiger partial charge on any atom is -0.490 e. The van der Waals surface area contributed by atoms with E-state index in [0.29, 0.717) is 12.6 Å². The van der Waals surface area contributed by atoms with Crippen LogP contribution in [0.4, 0.5) is 0 Å². The Morgan fingerprint density at radius 1 is 1.10 bits per heavy atom. The molecule has 0 amide bonds. The highest BCUT2D eigenvalue weighted by molar-refractivity contribution is 5.70. The molecule has 0 bridgehead atoms. The molecule has 1 aliphatic carbocycles. The van der Waals surface area contributed by atoms with Crippen LogP contribution >= 0.6 is 0 Å². The number of nitrogens with one attached hydrogen (secondary N) is 1. The standard InChI is InChI=1S/C18H18N2O/c19-12-16(20-15-10-11-15)13-21-18-9-5-4-8-17(18)14-6-2-1-3-7-14/h1-9,15-16,20H,10-11,13H2. The summed E-state index contributed by atoms with van der Waals surface area (Å²) in [6.45, 7) is 0.372. The van der Waals surface area contributed by atoms with Gasteiger partial charge in [0.15, 0.2) is 0 Å². The minimum atomic E-state index is -0.249. The van der Waals surface area contributed by atoms with E-state index in [2.05, 4.69) is 23.5 Å². The van der Waals surface area contributed by atoms with Gasteiger partial charge in [-0.1, -0.05) is 48.5 Å². The summed E-state index contributed by atoms with van der Waals surface area (Å²) in [5, 5.41) is 12.5. The van der Waals surface area contributed by atoms with Crippen molar-refractivity contribution in [2.45, 2.75) is 24.9 Å². The molecule has 0 heterocycles. The second kappa shape index (κ2) is 6.43. The summed E-state index contributed by atoms with van der Waals surface area (Å²) in [5.41, 5.74) is 2.18. The van der Waals surface area contributed by atoms with E-state index >= 15 is 0 Å². The van der Waals surface area contributed by atoms with Crippen molar-refractivity contribution in [1.82, 2.24) is 5.32 Å². The number of rotatable bonds is 6. The van der Waals surface area contributed by atoms with Gasteiger partial charge in [0, 0.05) is 11.6 Å². The lowest BCUT2D eigenvalue weighted by atomic mass is 10.1. The fourth-order valence-corrected chi connectivity index (χ4v) is 2.28. The Balaban J connectivity index is 1.72. The molecule has 2 aromatic rings. The SMILES string of the molecule is N#CC(COc1ccccc1-c1ccccc1)NC1CC1. The quantitative estimate of drug-likeness (QED) is 0.881. The lowest BCUT2D eigenvalue weighted by molar-refractivity contribution is 0.289. The van der Waals surface area contributed by atoms with E-state index in [1.807, 2.05) is 42.5 Å². The molecule has 21 heavy (non-hydrogen) atoms. The van der Waals surface area contributed by atoms with Gasteiger partial charge in [0.25, 0.3) is 0 Å². The Morgan fingerprint density at radius 2 is 1.81 bits per heavy atom. The summed E-state index contributed by atoms with van der Waals surface area (Å²) in [6, 6.07) is 20.6. The van der Waals surface area contributed by atoms with E-state index in [9.17, 15) is 5.26 Å². The number of hydrogen-bond donors (Lipinski definition) is 1. The predicted molar refractivity (Wildman–Crippen MR) is 82.9 cm³/mol. The normalized spacial score (nSPS) is 15.2. The molecule has 0 aromatic heterocycles. The topological polar surface area (TPSA) is 45.0 Å². The fourth-order valence-electron chi connectivity index (χ4n) is 2.28. The van der Waals surface area contributed by atoms with E-state index in [1.54, 1.807) is 0 Å². The minimum absolute atomic E-state index is 0.249. The first-order valence-electron chi connectivity index (χ1n) is 7.30. The van der Waals surface area contributed by atoms with Crippen LogP contribution in [0.1, 0.15) is 12.8 Å². The van der Waals surface area contributed by atoms with Crippen molar-refractivity contribution in [3.05, 3.63) is 54.6 Å². The summed E-state index contributed by atoms with van der Waals surface area (Å²) in [7, 11) is 0. The summed E-state index contributed by atoms with van der Waals surface area (Å²) < 4.78 is 5.89. The van der Waals surface area contributed by atoms with Crippen LogP contribution in [-0.4, -0.2) is 18.7 Å². The molecule has 3 rings (SSSR count). The van der Waals surface area contributed by atoms with E-state index in [1.165, 1.54) is 12.8 Å². The molecular formula is C18H18N2O. The van der Waals surface area contributed by atoms with Crippen LogP contribution in [0.25, 0.3) is 11.1 Å². The Labute approximate surface area is 125 Å². The molecule has 0 radical (unpaired) electrons. The van der Waals surface area contributed by atoms with Gasteiger partial charge in [-0.15, -0.1) is 0 Å². The molecule has 3 nitrogen and oxygen atoms in total. The average Bonchev–Trinajstić information content (AvgIpc) is 3.36. The maximum Gasteiger partial charge on any atom is 0.130 e. The second-order valence-electron chi connectivity index (χ2n) is 5.30. The van der Waals surface area contributed by atoms with Crippen LogP contribution in [0, 0.1) is 11.3 Å². The number of nitriles is 1. The van der Waals surface area contributed by atoms with Crippen molar-refractivity contribution < 1.29 is 4.74 Å². The number of benzene rings is 2. The van der Waals surface area contributed by atoms with Crippen molar-refractivity contribution in [3.8, 4) is 22.9 Å². The van der Waals surface area contributed by atoms with Crippen molar-refractivity contribution in [2.75, 3.05) is 6.61 Å². The molecule has 0 spiro atoms. The second-order valence-corrected chi connectivity index (χ2v) is 5.30. The van der Waals surface area contributed by atoms with Gasteiger partial charge in [0.2, 0.25) is 0 Å². The molecule has 2 aromatic carbocycles. The zero-order valence-corrected chi connectivity index (χ0v) is 11.8. The van der Waals surface area contributed by atoms with Gasteiger partial charge in [-0.3, -0.25) is 5.32 Å². The van der Waals surface area contributed by atoms with Crippen LogP contribution in [0.2, 0.25) is 0 Å². The monoisotopic (exact) mass is 278 g/mol. The predicted octanol–water partition coefficient (Wildman–Crippen LogP) is 3.38. The molecule has 106 valence electrons. The molecule has 0 saturated heterocycles. The highest BCUT2D eigenvalue weighted by atomic mass is 16.5. The Kier molecular flexibility index (Phi) is 4.18. The van der Waals surface area contributed by atoms with Crippen molar-refractivity contribution in [3.63, 3.8) is 0 Å². The first-order chi connectivity index (χ1) is 10.4. The molecule has 1 fully saturated rings. The zero-order chi connectivity index (χ0) is 14.5. The maximum absolute atomic E-state index is 9.17. The third kappa shape index (κ3) is 3.62. The van der Waals surface area contributed by atoms with Crippen LogP contribution in [0.15, 0.2) is 54.6 Å². The van der Waals surface area contributed by atoms with Crippen LogP contribution in [-0.2, 0) is 0 Å². The van der Waals surface area contributed by atoms with Crippen molar-refractivity contribution >= 4 is 0 Å². The van der Waals surface area contributed by atoms with Crippen LogP contribution < -0.4 is 10.1 Å². The maximum atomic E-state index is 9.17. The smallest absolute Gasteiger partial charge is 0.130 e. The highest BCUT2D eigenvalue weighted by Gasteiger charge is 2.24. The van der Waals surface area contributed by atoms with Crippen LogP contribution in [0.5, 0.6) is 5.75 Å². The molecule has 1 aliphatic rings. The highest BCUT2D eigenvalue weighted by Crippen LogP contribution is 2.29. The van der Waals surface area contributed by atoms with Gasteiger partial charge in [-0.05, 0) is 24.5 Å². The Hall–Kier alpha value is -2.31. The van der Waals surface area contributed by atoms with Gasteiger partial charge in [-0.2, -0.15) is 5.26 Å². The first-order valence-corrected chi connectivity index (χ1v) is 7.30. The lowest BCUT2D eigenvalue weighted by Gasteiger charge is -2.15. The summed E-state index contributed by atoms with van der Waals surface area (Å²) in [6.07, 6.45) is 2.33.